The summed E-state index contributed by atoms with van der Waals surface area (Å²) in [6.45, 7) is 3.96. The zero-order valence-electron chi connectivity index (χ0n) is 15.3. The van der Waals surface area contributed by atoms with Gasteiger partial charge >= 0.3 is 6.03 Å². The smallest absolute Gasteiger partial charge is 0.312 e. The number of primary amides is 1. The van der Waals surface area contributed by atoms with Crippen molar-refractivity contribution < 1.29 is 14.4 Å². The third-order valence-corrected chi connectivity index (χ3v) is 4.62. The van der Waals surface area contributed by atoms with Crippen LogP contribution in [0.3, 0.4) is 0 Å². The summed E-state index contributed by atoms with van der Waals surface area (Å²) in [5.74, 6) is -0.00860. The number of hydrogen-bond acceptors (Lipinski definition) is 4. The summed E-state index contributed by atoms with van der Waals surface area (Å²) in [4.78, 5) is 36.1. The summed E-state index contributed by atoms with van der Waals surface area (Å²) >= 11 is 1.44. The number of urea groups is 1. The number of carbonyl (C=O) groups is 3. The lowest BCUT2D eigenvalue weighted by Crippen LogP contribution is -2.34. The molecule has 1 unspecified atom stereocenters. The molecule has 5 N–H and O–H groups in total. The van der Waals surface area contributed by atoms with Gasteiger partial charge in [-0.15, -0.1) is 11.3 Å². The van der Waals surface area contributed by atoms with E-state index in [0.717, 1.165) is 4.88 Å². The molecule has 0 bridgehead atoms. The number of anilines is 2. The van der Waals surface area contributed by atoms with Gasteiger partial charge in [-0.2, -0.15) is 0 Å². The Morgan fingerprint density at radius 2 is 1.52 bits per heavy atom. The first-order chi connectivity index (χ1) is 12.8. The van der Waals surface area contributed by atoms with Gasteiger partial charge in [-0.3, -0.25) is 9.59 Å². The molecule has 0 radical (unpaired) electrons. The van der Waals surface area contributed by atoms with Crippen molar-refractivity contribution in [1.29, 1.82) is 0 Å². The number of benzene rings is 1. The molecular weight excluding hydrogens is 364 g/mol. The van der Waals surface area contributed by atoms with Crippen LogP contribution in [0.15, 0.2) is 41.8 Å². The molecular formula is C19H24N4O3S. The Labute approximate surface area is 162 Å². The average Bonchev–Trinajstić information content (AvgIpc) is 3.09. The molecule has 144 valence electrons. The van der Waals surface area contributed by atoms with Crippen molar-refractivity contribution in [2.45, 2.75) is 32.7 Å². The van der Waals surface area contributed by atoms with Crippen molar-refractivity contribution in [2.24, 2.45) is 11.7 Å². The molecule has 0 fully saturated rings. The molecule has 8 heteroatoms. The van der Waals surface area contributed by atoms with Gasteiger partial charge in [0.2, 0.25) is 11.8 Å². The molecule has 1 aromatic carbocycles. The summed E-state index contributed by atoms with van der Waals surface area (Å²) < 4.78 is 0. The maximum atomic E-state index is 12.3. The highest BCUT2D eigenvalue weighted by atomic mass is 32.1. The van der Waals surface area contributed by atoms with Crippen LogP contribution in [-0.2, 0) is 9.59 Å². The highest BCUT2D eigenvalue weighted by Gasteiger charge is 2.18. The number of rotatable bonds is 8. The van der Waals surface area contributed by atoms with Crippen LogP contribution in [-0.4, -0.2) is 17.8 Å². The number of amides is 4. The number of nitrogens with two attached hydrogens (primary N) is 1. The molecule has 0 spiro atoms. The molecule has 0 aliphatic heterocycles. The lowest BCUT2D eigenvalue weighted by atomic mass is 10.1. The van der Waals surface area contributed by atoms with Crippen molar-refractivity contribution >= 4 is 40.6 Å². The number of thiophene rings is 1. The van der Waals surface area contributed by atoms with Crippen molar-refractivity contribution in [3.8, 4) is 0 Å². The second-order valence-corrected chi connectivity index (χ2v) is 7.53. The Morgan fingerprint density at radius 3 is 1.96 bits per heavy atom. The zero-order valence-corrected chi connectivity index (χ0v) is 16.1. The fraction of sp³-hybridized carbons (Fsp3) is 0.316. The van der Waals surface area contributed by atoms with E-state index in [1.54, 1.807) is 24.3 Å². The number of carbonyl (C=O) groups excluding carboxylic acids is 3. The first kappa shape index (κ1) is 20.4. The maximum absolute atomic E-state index is 12.3. The molecule has 27 heavy (non-hydrogen) atoms. The van der Waals surface area contributed by atoms with Crippen LogP contribution in [0.4, 0.5) is 16.2 Å². The lowest BCUT2D eigenvalue weighted by molar-refractivity contribution is -0.117. The topological polar surface area (TPSA) is 113 Å². The van der Waals surface area contributed by atoms with Crippen LogP contribution in [0, 0.1) is 5.92 Å². The minimum absolute atomic E-state index is 0.0434. The largest absolute Gasteiger partial charge is 0.352 e. The quantitative estimate of drug-likeness (QED) is 0.555. The third-order valence-electron chi connectivity index (χ3n) is 3.64. The molecule has 0 aliphatic rings. The Hall–Kier alpha value is -2.87. The van der Waals surface area contributed by atoms with E-state index in [2.05, 4.69) is 16.0 Å². The Balaban J connectivity index is 1.92. The van der Waals surface area contributed by atoms with Crippen LogP contribution in [0.25, 0.3) is 0 Å². The third kappa shape index (κ3) is 7.10. The van der Waals surface area contributed by atoms with Gasteiger partial charge in [0.15, 0.2) is 0 Å². The summed E-state index contributed by atoms with van der Waals surface area (Å²) in [6.07, 6.45) is 0.520. The van der Waals surface area contributed by atoms with Crippen molar-refractivity contribution in [1.82, 2.24) is 5.32 Å². The lowest BCUT2D eigenvalue weighted by Gasteiger charge is -2.16. The van der Waals surface area contributed by atoms with E-state index in [0.29, 0.717) is 17.8 Å². The first-order valence-electron chi connectivity index (χ1n) is 8.62. The second-order valence-electron chi connectivity index (χ2n) is 6.55. The molecule has 1 heterocycles. The van der Waals surface area contributed by atoms with Crippen LogP contribution >= 0.6 is 11.3 Å². The summed E-state index contributed by atoms with van der Waals surface area (Å²) in [7, 11) is 0. The Kier molecular flexibility index (Phi) is 7.36. The molecule has 2 rings (SSSR count). The van der Waals surface area contributed by atoms with Crippen molar-refractivity contribution in [3.63, 3.8) is 0 Å². The summed E-state index contributed by atoms with van der Waals surface area (Å²) in [5.41, 5.74) is 6.48. The molecule has 1 aromatic heterocycles. The Morgan fingerprint density at radius 1 is 0.963 bits per heavy atom. The van der Waals surface area contributed by atoms with Gasteiger partial charge in [0.25, 0.3) is 0 Å². The van der Waals surface area contributed by atoms with E-state index in [-0.39, 0.29) is 24.2 Å². The molecule has 2 aromatic rings. The van der Waals surface area contributed by atoms with E-state index in [9.17, 15) is 14.4 Å². The minimum Gasteiger partial charge on any atom is -0.352 e. The fourth-order valence-corrected chi connectivity index (χ4v) is 3.28. The second kappa shape index (κ2) is 9.72. The van der Waals surface area contributed by atoms with E-state index in [1.165, 1.54) is 11.3 Å². The number of nitrogens with one attached hydrogen (secondary N) is 3. The van der Waals surface area contributed by atoms with Gasteiger partial charge in [0, 0.05) is 22.7 Å². The van der Waals surface area contributed by atoms with E-state index in [4.69, 9.17) is 5.73 Å². The SMILES string of the molecule is CC(C)CC(=O)Nc1ccc(NC(=O)CC(NC(N)=O)c2cccs2)cc1. The van der Waals surface area contributed by atoms with Crippen molar-refractivity contribution in [3.05, 3.63) is 46.7 Å². The van der Waals surface area contributed by atoms with Crippen molar-refractivity contribution in [2.75, 3.05) is 10.6 Å². The predicted octanol–water partition coefficient (Wildman–Crippen LogP) is 3.47. The van der Waals surface area contributed by atoms with Gasteiger partial charge in [-0.05, 0) is 41.6 Å². The standard InChI is InChI=1S/C19H24N4O3S/c1-12(2)10-17(24)21-13-5-7-14(8-6-13)22-18(25)11-15(23-19(20)26)16-4-3-9-27-16/h3-9,12,15H,10-11H2,1-2H3,(H,21,24)(H,22,25)(H3,20,23,26). The molecule has 0 saturated carbocycles. The highest BCUT2D eigenvalue weighted by Crippen LogP contribution is 2.23. The molecule has 0 saturated heterocycles. The Bertz CT molecular complexity index is 773. The van der Waals surface area contributed by atoms with Crippen LogP contribution in [0.5, 0.6) is 0 Å². The van der Waals surface area contributed by atoms with Gasteiger partial charge in [0.05, 0.1) is 12.5 Å². The van der Waals surface area contributed by atoms with Gasteiger partial charge < -0.3 is 21.7 Å². The fourth-order valence-electron chi connectivity index (χ4n) is 2.50. The molecule has 1 atom stereocenters. The maximum Gasteiger partial charge on any atom is 0.312 e. The van der Waals surface area contributed by atoms with E-state index < -0.39 is 12.1 Å². The first-order valence-corrected chi connectivity index (χ1v) is 9.50. The average molecular weight is 388 g/mol. The molecule has 7 nitrogen and oxygen atoms in total. The van der Waals surface area contributed by atoms with Crippen LogP contribution in [0.1, 0.15) is 37.6 Å². The normalized spacial score (nSPS) is 11.7. The van der Waals surface area contributed by atoms with Crippen LogP contribution < -0.4 is 21.7 Å². The zero-order chi connectivity index (χ0) is 19.8. The van der Waals surface area contributed by atoms with Crippen LogP contribution in [0.2, 0.25) is 0 Å². The van der Waals surface area contributed by atoms with Gasteiger partial charge in [-0.25, -0.2) is 4.79 Å². The van der Waals surface area contributed by atoms with Gasteiger partial charge in [-0.1, -0.05) is 19.9 Å². The van der Waals surface area contributed by atoms with E-state index >= 15 is 0 Å². The molecule has 4 amide bonds. The van der Waals surface area contributed by atoms with Gasteiger partial charge in [0.1, 0.15) is 0 Å². The van der Waals surface area contributed by atoms with E-state index in [1.807, 2.05) is 31.4 Å². The highest BCUT2D eigenvalue weighted by molar-refractivity contribution is 7.10. The minimum atomic E-state index is -0.678. The summed E-state index contributed by atoms with van der Waals surface area (Å²) in [6, 6.07) is 9.42. The monoisotopic (exact) mass is 388 g/mol. The number of hydrogen-bond donors (Lipinski definition) is 4. The molecule has 0 aliphatic carbocycles. The predicted molar refractivity (Wildman–Crippen MR) is 108 cm³/mol. The summed E-state index contributed by atoms with van der Waals surface area (Å²) in [5, 5.41) is 10.1.